The lowest BCUT2D eigenvalue weighted by molar-refractivity contribution is -0.136. The van der Waals surface area contributed by atoms with Gasteiger partial charge in [0.15, 0.2) is 0 Å². The molecule has 4 saturated carbocycles. The minimum Gasteiger partial charge on any atom is -0.390 e. The van der Waals surface area contributed by atoms with Crippen LogP contribution in [0.15, 0.2) is 12.5 Å². The Labute approximate surface area is 111 Å². The molecule has 19 heavy (non-hydrogen) atoms. The van der Waals surface area contributed by atoms with E-state index >= 15 is 0 Å². The number of imidazole rings is 1. The second kappa shape index (κ2) is 3.82. The highest BCUT2D eigenvalue weighted by Crippen LogP contribution is 2.55. The van der Waals surface area contributed by atoms with Crippen LogP contribution in [0.25, 0.3) is 0 Å². The SMILES string of the molecule is O=C(NC1C2CC3CC1CC(O)(C3)C2)c1cnc[nH]1. The summed E-state index contributed by atoms with van der Waals surface area (Å²) in [6, 6.07) is 0.229. The smallest absolute Gasteiger partial charge is 0.269 e. The summed E-state index contributed by atoms with van der Waals surface area (Å²) in [4.78, 5) is 18.9. The van der Waals surface area contributed by atoms with Crippen molar-refractivity contribution in [1.82, 2.24) is 15.3 Å². The number of nitrogens with zero attached hydrogens (tertiary/aromatic N) is 1. The van der Waals surface area contributed by atoms with Crippen LogP contribution in [0, 0.1) is 17.8 Å². The lowest BCUT2D eigenvalue weighted by Crippen LogP contribution is -2.61. The molecule has 4 aliphatic rings. The van der Waals surface area contributed by atoms with E-state index in [4.69, 9.17) is 0 Å². The molecule has 3 N–H and O–H groups in total. The van der Waals surface area contributed by atoms with Crippen LogP contribution in [0.2, 0.25) is 0 Å². The third-order valence-corrected chi connectivity index (χ3v) is 5.28. The fourth-order valence-electron chi connectivity index (χ4n) is 4.83. The van der Waals surface area contributed by atoms with Gasteiger partial charge in [0.2, 0.25) is 0 Å². The van der Waals surface area contributed by atoms with Crippen LogP contribution in [-0.2, 0) is 0 Å². The summed E-state index contributed by atoms with van der Waals surface area (Å²) in [6.45, 7) is 0. The second-order valence-corrected chi connectivity index (χ2v) is 6.66. The number of aliphatic hydroxyl groups is 1. The fourth-order valence-corrected chi connectivity index (χ4v) is 4.83. The number of aromatic nitrogens is 2. The van der Waals surface area contributed by atoms with Gasteiger partial charge < -0.3 is 15.4 Å². The Morgan fingerprint density at radius 3 is 2.68 bits per heavy atom. The van der Waals surface area contributed by atoms with Crippen molar-refractivity contribution in [2.45, 2.75) is 43.7 Å². The maximum absolute atomic E-state index is 12.1. The van der Waals surface area contributed by atoms with Crippen LogP contribution in [0.5, 0.6) is 0 Å². The van der Waals surface area contributed by atoms with E-state index in [1.54, 1.807) is 6.20 Å². The summed E-state index contributed by atoms with van der Waals surface area (Å²) in [5.41, 5.74) is 0.0821. The maximum atomic E-state index is 12.1. The molecule has 2 atom stereocenters. The molecule has 0 aromatic carbocycles. The lowest BCUT2D eigenvalue weighted by Gasteiger charge is -2.58. The molecular formula is C14H19N3O2. The molecule has 1 heterocycles. The Morgan fingerprint density at radius 2 is 2.11 bits per heavy atom. The fraction of sp³-hybridized carbons (Fsp3) is 0.714. The van der Waals surface area contributed by atoms with Crippen LogP contribution in [-0.4, -0.2) is 32.6 Å². The Kier molecular flexibility index (Phi) is 2.31. The van der Waals surface area contributed by atoms with E-state index < -0.39 is 5.60 Å². The van der Waals surface area contributed by atoms with Crippen molar-refractivity contribution >= 4 is 5.91 Å². The van der Waals surface area contributed by atoms with E-state index in [1.165, 1.54) is 6.33 Å². The van der Waals surface area contributed by atoms with E-state index in [2.05, 4.69) is 15.3 Å². The minimum absolute atomic E-state index is 0.0676. The minimum atomic E-state index is -0.439. The Hall–Kier alpha value is -1.36. The molecule has 5 rings (SSSR count). The molecule has 5 heteroatoms. The molecule has 5 nitrogen and oxygen atoms in total. The Bertz CT molecular complexity index is 483. The van der Waals surface area contributed by atoms with E-state index in [0.717, 1.165) is 32.1 Å². The zero-order valence-corrected chi connectivity index (χ0v) is 10.8. The molecule has 0 spiro atoms. The van der Waals surface area contributed by atoms with Crippen LogP contribution in [0.3, 0.4) is 0 Å². The topological polar surface area (TPSA) is 78.0 Å². The summed E-state index contributed by atoms with van der Waals surface area (Å²) in [5.74, 6) is 1.50. The molecule has 0 saturated heterocycles. The standard InChI is InChI=1S/C14H19N3O2/c18-13(11-6-15-7-16-11)17-12-9-1-8-2-10(12)5-14(19,3-8)4-9/h6-10,12,19H,1-5H2,(H,15,16)(H,17,18). The predicted octanol–water partition coefficient (Wildman–Crippen LogP) is 1.08. The number of aromatic amines is 1. The molecule has 102 valence electrons. The number of carbonyl (C=O) groups excluding carboxylic acids is 1. The molecule has 4 aliphatic carbocycles. The van der Waals surface area contributed by atoms with E-state index in [9.17, 15) is 9.90 Å². The molecule has 4 fully saturated rings. The van der Waals surface area contributed by atoms with Gasteiger partial charge in [0, 0.05) is 6.04 Å². The molecule has 4 bridgehead atoms. The number of carbonyl (C=O) groups is 1. The van der Waals surface area contributed by atoms with Gasteiger partial charge in [-0.25, -0.2) is 4.98 Å². The first-order chi connectivity index (χ1) is 9.13. The van der Waals surface area contributed by atoms with Gasteiger partial charge in [0.1, 0.15) is 5.69 Å². The van der Waals surface area contributed by atoms with Crippen molar-refractivity contribution in [3.05, 3.63) is 18.2 Å². The maximum Gasteiger partial charge on any atom is 0.269 e. The number of hydrogen-bond acceptors (Lipinski definition) is 3. The van der Waals surface area contributed by atoms with Crippen molar-refractivity contribution in [2.75, 3.05) is 0 Å². The quantitative estimate of drug-likeness (QED) is 0.745. The molecule has 2 unspecified atom stereocenters. The molecule has 1 amide bonds. The molecule has 0 aliphatic heterocycles. The van der Waals surface area contributed by atoms with Crippen LogP contribution < -0.4 is 5.32 Å². The van der Waals surface area contributed by atoms with Crippen molar-refractivity contribution in [3.63, 3.8) is 0 Å². The average Bonchev–Trinajstić information content (AvgIpc) is 2.85. The first-order valence-electron chi connectivity index (χ1n) is 7.15. The van der Waals surface area contributed by atoms with E-state index in [0.29, 0.717) is 23.4 Å². The average molecular weight is 261 g/mol. The second-order valence-electron chi connectivity index (χ2n) is 6.66. The van der Waals surface area contributed by atoms with Crippen molar-refractivity contribution < 1.29 is 9.90 Å². The summed E-state index contributed by atoms with van der Waals surface area (Å²) in [7, 11) is 0. The highest BCUT2D eigenvalue weighted by molar-refractivity contribution is 5.92. The number of nitrogens with one attached hydrogen (secondary N) is 2. The lowest BCUT2D eigenvalue weighted by atomic mass is 9.52. The molecule has 1 aromatic heterocycles. The van der Waals surface area contributed by atoms with Gasteiger partial charge in [-0.05, 0) is 49.9 Å². The third-order valence-electron chi connectivity index (χ3n) is 5.28. The highest BCUT2D eigenvalue weighted by atomic mass is 16.3. The van der Waals surface area contributed by atoms with E-state index in [-0.39, 0.29) is 11.9 Å². The van der Waals surface area contributed by atoms with Gasteiger partial charge in [0.25, 0.3) is 5.91 Å². The van der Waals surface area contributed by atoms with Gasteiger partial charge in [0.05, 0.1) is 18.1 Å². The molecule has 1 aromatic rings. The first-order valence-corrected chi connectivity index (χ1v) is 7.15. The summed E-state index contributed by atoms with van der Waals surface area (Å²) >= 11 is 0. The van der Waals surface area contributed by atoms with Crippen molar-refractivity contribution in [1.29, 1.82) is 0 Å². The molecular weight excluding hydrogens is 242 g/mol. The zero-order chi connectivity index (χ0) is 13.0. The largest absolute Gasteiger partial charge is 0.390 e. The van der Waals surface area contributed by atoms with Crippen molar-refractivity contribution in [3.8, 4) is 0 Å². The van der Waals surface area contributed by atoms with Crippen LogP contribution in [0.4, 0.5) is 0 Å². The monoisotopic (exact) mass is 261 g/mol. The van der Waals surface area contributed by atoms with Crippen LogP contribution >= 0.6 is 0 Å². The van der Waals surface area contributed by atoms with Crippen LogP contribution in [0.1, 0.15) is 42.6 Å². The normalized spacial score (nSPS) is 43.4. The summed E-state index contributed by atoms with van der Waals surface area (Å²) < 4.78 is 0. The third kappa shape index (κ3) is 1.79. The van der Waals surface area contributed by atoms with E-state index in [1.807, 2.05) is 0 Å². The Balaban J connectivity index is 1.52. The number of H-pyrrole nitrogens is 1. The summed E-state index contributed by atoms with van der Waals surface area (Å²) in [6.07, 6.45) is 8.08. The van der Waals surface area contributed by atoms with Gasteiger partial charge in [-0.1, -0.05) is 0 Å². The molecule has 0 radical (unpaired) electrons. The van der Waals surface area contributed by atoms with Gasteiger partial charge in [-0.2, -0.15) is 0 Å². The van der Waals surface area contributed by atoms with Gasteiger partial charge in [-0.3, -0.25) is 4.79 Å². The first kappa shape index (κ1) is 11.5. The zero-order valence-electron chi connectivity index (χ0n) is 10.8. The Morgan fingerprint density at radius 1 is 1.37 bits per heavy atom. The van der Waals surface area contributed by atoms with Gasteiger partial charge >= 0.3 is 0 Å². The summed E-state index contributed by atoms with van der Waals surface area (Å²) in [5, 5.41) is 13.7. The number of hydrogen-bond donors (Lipinski definition) is 3. The number of amides is 1. The number of rotatable bonds is 2. The van der Waals surface area contributed by atoms with Gasteiger partial charge in [-0.15, -0.1) is 0 Å². The predicted molar refractivity (Wildman–Crippen MR) is 68.3 cm³/mol. The highest BCUT2D eigenvalue weighted by Gasteiger charge is 2.55. The van der Waals surface area contributed by atoms with Crippen molar-refractivity contribution in [2.24, 2.45) is 17.8 Å².